The van der Waals surface area contributed by atoms with Crippen LogP contribution in [0.4, 0.5) is 0 Å². The Morgan fingerprint density at radius 3 is 1.85 bits per heavy atom. The maximum absolute atomic E-state index is 6.59. The summed E-state index contributed by atoms with van der Waals surface area (Å²) in [6.45, 7) is 0. The smallest absolute Gasteiger partial charge is 0.145 e. The summed E-state index contributed by atoms with van der Waals surface area (Å²) in [7, 11) is 0. The average Bonchev–Trinajstić information content (AvgIpc) is 3.84. The molecule has 0 aliphatic heterocycles. The monoisotopic (exact) mass is 603 g/mol. The van der Waals surface area contributed by atoms with Crippen molar-refractivity contribution in [2.45, 2.75) is 0 Å². The molecule has 0 aliphatic rings. The van der Waals surface area contributed by atoms with Crippen LogP contribution in [0.5, 0.6) is 11.5 Å². The Morgan fingerprint density at radius 2 is 1.13 bits per heavy atom. The van der Waals surface area contributed by atoms with E-state index in [0.29, 0.717) is 0 Å². The van der Waals surface area contributed by atoms with Crippen LogP contribution in [-0.2, 0) is 0 Å². The fourth-order valence-electron chi connectivity index (χ4n) is 7.16. The number of pyridine rings is 3. The van der Waals surface area contributed by atoms with Crippen LogP contribution in [0.3, 0.4) is 0 Å². The number of nitrogens with zero attached hydrogens (tertiary/aromatic N) is 5. The Kier molecular flexibility index (Phi) is 5.48. The van der Waals surface area contributed by atoms with E-state index in [4.69, 9.17) is 9.72 Å². The summed E-state index contributed by atoms with van der Waals surface area (Å²) in [4.78, 5) is 13.9. The number of imidazole rings is 2. The normalized spacial score (nSPS) is 11.8. The van der Waals surface area contributed by atoms with Crippen LogP contribution < -0.4 is 4.74 Å². The van der Waals surface area contributed by atoms with Gasteiger partial charge in [-0.05, 0) is 81.6 Å². The SMILES string of the molecule is c1ccc(-c2ccc3c(c2-c2ccccc2)c2ccc(Oc4ccc5c6cnccc6n6ccnc6c5c4)cc2c2nccn32)cc1. The van der Waals surface area contributed by atoms with Crippen LogP contribution in [0.2, 0.25) is 0 Å². The van der Waals surface area contributed by atoms with Crippen LogP contribution in [0.15, 0.2) is 152 Å². The lowest BCUT2D eigenvalue weighted by Gasteiger charge is -2.18. The van der Waals surface area contributed by atoms with Crippen LogP contribution in [-0.4, -0.2) is 23.8 Å². The number of rotatable bonds is 4. The van der Waals surface area contributed by atoms with Gasteiger partial charge in [0.05, 0.1) is 11.0 Å². The van der Waals surface area contributed by atoms with Gasteiger partial charge >= 0.3 is 0 Å². The second kappa shape index (κ2) is 9.99. The van der Waals surface area contributed by atoms with Gasteiger partial charge in [0.15, 0.2) is 0 Å². The first kappa shape index (κ1) is 25.8. The molecule has 0 fully saturated rings. The van der Waals surface area contributed by atoms with Gasteiger partial charge in [-0.15, -0.1) is 0 Å². The van der Waals surface area contributed by atoms with Crippen molar-refractivity contribution in [3.8, 4) is 33.8 Å². The zero-order valence-corrected chi connectivity index (χ0v) is 25.1. The molecule has 5 heterocycles. The first-order valence-electron chi connectivity index (χ1n) is 15.6. The van der Waals surface area contributed by atoms with E-state index in [1.807, 2.05) is 49.3 Å². The van der Waals surface area contributed by atoms with Crippen molar-refractivity contribution in [3.05, 3.63) is 152 Å². The van der Waals surface area contributed by atoms with Gasteiger partial charge in [0, 0.05) is 58.7 Å². The Bertz CT molecular complexity index is 2820. The Morgan fingerprint density at radius 1 is 0.489 bits per heavy atom. The number of hydrogen-bond acceptors (Lipinski definition) is 4. The molecule has 0 saturated heterocycles. The third-order valence-electron chi connectivity index (χ3n) is 9.19. The summed E-state index contributed by atoms with van der Waals surface area (Å²) >= 11 is 0. The van der Waals surface area contributed by atoms with Gasteiger partial charge < -0.3 is 4.74 Å². The van der Waals surface area contributed by atoms with E-state index in [0.717, 1.165) is 60.8 Å². The third-order valence-corrected chi connectivity index (χ3v) is 9.19. The zero-order chi connectivity index (χ0) is 30.9. The van der Waals surface area contributed by atoms with E-state index in [9.17, 15) is 0 Å². The standard InChI is InChI=1S/C41H25N5O/c1-3-7-26(8-4-1)30-15-16-37-39(38(30)27-9-5-2-6-10-27)32-14-12-29(24-34(32)41-44-20-22-46(37)41)47-28-11-13-31-33(23-28)40-43-19-21-45(40)36-17-18-42-25-35(31)36/h1-25H. The van der Waals surface area contributed by atoms with Crippen molar-refractivity contribution in [1.29, 1.82) is 0 Å². The molecule has 5 aromatic carbocycles. The summed E-state index contributed by atoms with van der Waals surface area (Å²) in [6, 6.07) is 40.3. The van der Waals surface area contributed by atoms with Gasteiger partial charge in [0.25, 0.3) is 0 Å². The molecule has 10 aromatic rings. The molecule has 47 heavy (non-hydrogen) atoms. The fraction of sp³-hybridized carbons (Fsp3) is 0. The highest BCUT2D eigenvalue weighted by Crippen LogP contribution is 2.43. The molecule has 0 N–H and O–H groups in total. The van der Waals surface area contributed by atoms with E-state index < -0.39 is 0 Å². The molecule has 0 spiro atoms. The molecular formula is C41H25N5O. The number of benzene rings is 5. The van der Waals surface area contributed by atoms with Crippen LogP contribution in [0, 0.1) is 0 Å². The minimum Gasteiger partial charge on any atom is -0.457 e. The Balaban J connectivity index is 1.19. The second-order valence-corrected chi connectivity index (χ2v) is 11.8. The number of hydrogen-bond donors (Lipinski definition) is 0. The highest BCUT2D eigenvalue weighted by molar-refractivity contribution is 6.20. The minimum absolute atomic E-state index is 0.737. The van der Waals surface area contributed by atoms with Crippen molar-refractivity contribution in [2.24, 2.45) is 0 Å². The molecule has 0 aliphatic carbocycles. The van der Waals surface area contributed by atoms with Crippen LogP contribution in [0.1, 0.15) is 0 Å². The maximum Gasteiger partial charge on any atom is 0.145 e. The molecule has 10 rings (SSSR count). The Labute approximate surface area is 268 Å². The molecule has 0 saturated carbocycles. The van der Waals surface area contributed by atoms with Crippen molar-refractivity contribution in [1.82, 2.24) is 23.8 Å². The fourth-order valence-corrected chi connectivity index (χ4v) is 7.16. The largest absolute Gasteiger partial charge is 0.457 e. The lowest BCUT2D eigenvalue weighted by Crippen LogP contribution is -1.96. The summed E-state index contributed by atoms with van der Waals surface area (Å²) in [6.07, 6.45) is 11.5. The molecule has 220 valence electrons. The maximum atomic E-state index is 6.59. The van der Waals surface area contributed by atoms with E-state index in [1.54, 1.807) is 0 Å². The van der Waals surface area contributed by atoms with Gasteiger partial charge in [-0.3, -0.25) is 13.8 Å². The van der Waals surface area contributed by atoms with E-state index >= 15 is 0 Å². The quantitative estimate of drug-likeness (QED) is 0.188. The van der Waals surface area contributed by atoms with E-state index in [-0.39, 0.29) is 0 Å². The van der Waals surface area contributed by atoms with Gasteiger partial charge in [0.2, 0.25) is 0 Å². The molecule has 0 unspecified atom stereocenters. The molecule has 5 aromatic heterocycles. The predicted molar refractivity (Wildman–Crippen MR) is 189 cm³/mol. The van der Waals surface area contributed by atoms with E-state index in [1.165, 1.54) is 27.6 Å². The second-order valence-electron chi connectivity index (χ2n) is 11.8. The van der Waals surface area contributed by atoms with E-state index in [2.05, 4.69) is 122 Å². The summed E-state index contributed by atoms with van der Waals surface area (Å²) in [5.74, 6) is 1.48. The highest BCUT2D eigenvalue weighted by atomic mass is 16.5. The third kappa shape index (κ3) is 3.88. The number of fused-ring (bicyclic) bond motifs is 12. The first-order chi connectivity index (χ1) is 23.3. The zero-order valence-electron chi connectivity index (χ0n) is 25.1. The predicted octanol–water partition coefficient (Wildman–Crippen LogP) is 10.1. The van der Waals surface area contributed by atoms with Gasteiger partial charge in [0.1, 0.15) is 22.8 Å². The molecule has 0 amide bonds. The number of aromatic nitrogens is 5. The van der Waals surface area contributed by atoms with Crippen molar-refractivity contribution in [3.63, 3.8) is 0 Å². The number of ether oxygens (including phenoxy) is 1. The molecular weight excluding hydrogens is 578 g/mol. The van der Waals surface area contributed by atoms with Crippen molar-refractivity contribution < 1.29 is 4.74 Å². The average molecular weight is 604 g/mol. The summed E-state index contributed by atoms with van der Waals surface area (Å²) < 4.78 is 10.9. The topological polar surface area (TPSA) is 56.7 Å². The Hall–Kier alpha value is -6.53. The lowest BCUT2D eigenvalue weighted by atomic mass is 9.89. The summed E-state index contributed by atoms with van der Waals surface area (Å²) in [5, 5.41) is 6.50. The van der Waals surface area contributed by atoms with Crippen LogP contribution in [0.25, 0.3) is 76.9 Å². The molecule has 0 bridgehead atoms. The summed E-state index contributed by atoms with van der Waals surface area (Å²) in [5.41, 5.74) is 8.69. The van der Waals surface area contributed by atoms with Crippen molar-refractivity contribution >= 4 is 54.6 Å². The first-order valence-corrected chi connectivity index (χ1v) is 15.6. The highest BCUT2D eigenvalue weighted by Gasteiger charge is 2.19. The molecule has 6 nitrogen and oxygen atoms in total. The van der Waals surface area contributed by atoms with Gasteiger partial charge in [-0.2, -0.15) is 0 Å². The van der Waals surface area contributed by atoms with Crippen molar-refractivity contribution in [2.75, 3.05) is 0 Å². The molecule has 0 atom stereocenters. The lowest BCUT2D eigenvalue weighted by molar-refractivity contribution is 0.484. The van der Waals surface area contributed by atoms with Gasteiger partial charge in [-0.25, -0.2) is 9.97 Å². The van der Waals surface area contributed by atoms with Gasteiger partial charge in [-0.1, -0.05) is 66.7 Å². The molecule has 0 radical (unpaired) electrons. The molecule has 6 heteroatoms. The minimum atomic E-state index is 0.737. The van der Waals surface area contributed by atoms with Crippen LogP contribution >= 0.6 is 0 Å².